The van der Waals surface area contributed by atoms with Crippen molar-refractivity contribution in [3.8, 4) is 0 Å². The van der Waals surface area contributed by atoms with Crippen LogP contribution in [0.1, 0.15) is 11.4 Å². The maximum Gasteiger partial charge on any atom is 0.191 e. The van der Waals surface area contributed by atoms with Crippen molar-refractivity contribution in [3.63, 3.8) is 0 Å². The van der Waals surface area contributed by atoms with Crippen LogP contribution in [0.25, 0.3) is 0 Å². The molecule has 0 aliphatic carbocycles. The first-order valence-corrected chi connectivity index (χ1v) is 6.95. The lowest BCUT2D eigenvalue weighted by atomic mass is 10.2. The lowest BCUT2D eigenvalue weighted by Crippen LogP contribution is -2.00. The minimum absolute atomic E-state index is 0.726. The van der Waals surface area contributed by atoms with Crippen LogP contribution in [0.3, 0.4) is 0 Å². The predicted molar refractivity (Wildman–Crippen MR) is 76.0 cm³/mol. The number of hydrogen-bond donors (Lipinski definition) is 0. The van der Waals surface area contributed by atoms with Crippen molar-refractivity contribution in [2.75, 3.05) is 0 Å². The zero-order valence-electron chi connectivity index (χ0n) is 10.1. The molecule has 0 N–H and O–H groups in total. The van der Waals surface area contributed by atoms with Crippen LogP contribution in [0.5, 0.6) is 0 Å². The summed E-state index contributed by atoms with van der Waals surface area (Å²) in [6.45, 7) is 6.41. The van der Waals surface area contributed by atoms with Crippen molar-refractivity contribution in [1.82, 2.24) is 14.8 Å². The summed E-state index contributed by atoms with van der Waals surface area (Å²) in [5.41, 5.74) is 1.11. The van der Waals surface area contributed by atoms with Crippen molar-refractivity contribution < 1.29 is 0 Å². The first-order valence-electron chi connectivity index (χ1n) is 5.59. The maximum atomic E-state index is 6.12. The summed E-state index contributed by atoms with van der Waals surface area (Å²) in [6.07, 6.45) is 1.84. The molecule has 3 nitrogen and oxygen atoms in total. The van der Waals surface area contributed by atoms with Gasteiger partial charge in [0.05, 0.1) is 0 Å². The molecule has 0 aliphatic heterocycles. The van der Waals surface area contributed by atoms with E-state index in [2.05, 4.69) is 16.8 Å². The molecule has 0 amide bonds. The van der Waals surface area contributed by atoms with Gasteiger partial charge in [-0.2, -0.15) is 0 Å². The number of benzene rings is 1. The molecule has 1 heterocycles. The quantitative estimate of drug-likeness (QED) is 0.617. The van der Waals surface area contributed by atoms with Crippen LogP contribution >= 0.6 is 23.4 Å². The Labute approximate surface area is 116 Å². The van der Waals surface area contributed by atoms with E-state index in [9.17, 15) is 0 Å². The van der Waals surface area contributed by atoms with Crippen LogP contribution in [-0.4, -0.2) is 14.8 Å². The van der Waals surface area contributed by atoms with Gasteiger partial charge < -0.3 is 4.57 Å². The fraction of sp³-hybridized carbons (Fsp3) is 0.231. The molecule has 0 fully saturated rings. The Morgan fingerprint density at radius 2 is 2.17 bits per heavy atom. The Balaban J connectivity index is 2.11. The van der Waals surface area contributed by atoms with Gasteiger partial charge in [0.2, 0.25) is 0 Å². The fourth-order valence-electron chi connectivity index (χ4n) is 1.57. The molecule has 2 rings (SSSR count). The molecule has 2 aromatic rings. The second kappa shape index (κ2) is 6.07. The van der Waals surface area contributed by atoms with Crippen molar-refractivity contribution >= 4 is 23.4 Å². The minimum Gasteiger partial charge on any atom is -0.302 e. The third-order valence-electron chi connectivity index (χ3n) is 2.53. The molecule has 1 aromatic carbocycles. The van der Waals surface area contributed by atoms with E-state index in [1.165, 1.54) is 0 Å². The van der Waals surface area contributed by atoms with Gasteiger partial charge in [0.25, 0.3) is 0 Å². The average molecular weight is 280 g/mol. The van der Waals surface area contributed by atoms with Crippen molar-refractivity contribution in [1.29, 1.82) is 0 Å². The lowest BCUT2D eigenvalue weighted by molar-refractivity contribution is 0.703. The van der Waals surface area contributed by atoms with Gasteiger partial charge >= 0.3 is 0 Å². The van der Waals surface area contributed by atoms with Gasteiger partial charge in [0.1, 0.15) is 5.82 Å². The Morgan fingerprint density at radius 3 is 2.89 bits per heavy atom. The van der Waals surface area contributed by atoms with Gasteiger partial charge in [-0.25, -0.2) is 0 Å². The SMILES string of the molecule is C=CCn1c(C)nnc1SCc1ccccc1Cl. The molecule has 0 radical (unpaired) electrons. The summed E-state index contributed by atoms with van der Waals surface area (Å²) in [7, 11) is 0. The van der Waals surface area contributed by atoms with Gasteiger partial charge in [-0.1, -0.05) is 47.6 Å². The molecule has 0 saturated heterocycles. The second-order valence-corrected chi connectivity index (χ2v) is 5.16. The standard InChI is InChI=1S/C13H14ClN3S/c1-3-8-17-10(2)15-16-13(17)18-9-11-6-4-5-7-12(11)14/h3-7H,1,8-9H2,2H3. The van der Waals surface area contributed by atoms with E-state index in [-0.39, 0.29) is 0 Å². The topological polar surface area (TPSA) is 30.7 Å². The highest BCUT2D eigenvalue weighted by Crippen LogP contribution is 2.25. The number of halogens is 1. The molecule has 0 spiro atoms. The largest absolute Gasteiger partial charge is 0.302 e. The van der Waals surface area contributed by atoms with E-state index < -0.39 is 0 Å². The number of nitrogens with zero attached hydrogens (tertiary/aromatic N) is 3. The van der Waals surface area contributed by atoms with E-state index in [0.29, 0.717) is 0 Å². The van der Waals surface area contributed by atoms with E-state index in [1.54, 1.807) is 11.8 Å². The Bertz CT molecular complexity index is 551. The Hall–Kier alpha value is -1.26. The van der Waals surface area contributed by atoms with E-state index in [0.717, 1.165) is 33.9 Å². The third kappa shape index (κ3) is 2.94. The molecule has 1 aromatic heterocycles. The summed E-state index contributed by atoms with van der Waals surface area (Å²) in [6, 6.07) is 7.84. The maximum absolute atomic E-state index is 6.12. The third-order valence-corrected chi connectivity index (χ3v) is 3.91. The molecule has 5 heteroatoms. The normalized spacial score (nSPS) is 10.6. The van der Waals surface area contributed by atoms with Gasteiger partial charge in [0.15, 0.2) is 5.16 Å². The molecular weight excluding hydrogens is 266 g/mol. The van der Waals surface area contributed by atoms with Crippen molar-refractivity contribution in [3.05, 3.63) is 53.3 Å². The van der Waals surface area contributed by atoms with E-state index >= 15 is 0 Å². The predicted octanol–water partition coefficient (Wildman–Crippen LogP) is 3.72. The van der Waals surface area contributed by atoms with Crippen molar-refractivity contribution in [2.45, 2.75) is 24.4 Å². The number of rotatable bonds is 5. The summed E-state index contributed by atoms with van der Waals surface area (Å²) in [5.74, 6) is 1.69. The highest BCUT2D eigenvalue weighted by atomic mass is 35.5. The van der Waals surface area contributed by atoms with Gasteiger partial charge in [-0.15, -0.1) is 16.8 Å². The molecule has 0 atom stereocenters. The minimum atomic E-state index is 0.726. The lowest BCUT2D eigenvalue weighted by Gasteiger charge is -2.06. The van der Waals surface area contributed by atoms with Crippen LogP contribution in [0.2, 0.25) is 5.02 Å². The smallest absolute Gasteiger partial charge is 0.191 e. The summed E-state index contributed by atoms with van der Waals surface area (Å²) in [4.78, 5) is 0. The highest BCUT2D eigenvalue weighted by molar-refractivity contribution is 7.98. The molecule has 0 aliphatic rings. The van der Waals surface area contributed by atoms with Crippen LogP contribution in [0.4, 0.5) is 0 Å². The molecule has 0 bridgehead atoms. The van der Waals surface area contributed by atoms with E-state index in [4.69, 9.17) is 11.6 Å². The zero-order valence-corrected chi connectivity index (χ0v) is 11.7. The second-order valence-electron chi connectivity index (χ2n) is 3.81. The van der Waals surface area contributed by atoms with Crippen molar-refractivity contribution in [2.24, 2.45) is 0 Å². The summed E-state index contributed by atoms with van der Waals surface area (Å²) < 4.78 is 2.04. The van der Waals surface area contributed by atoms with E-state index in [1.807, 2.05) is 41.8 Å². The number of hydrogen-bond acceptors (Lipinski definition) is 3. The number of aryl methyl sites for hydroxylation is 1. The summed E-state index contributed by atoms with van der Waals surface area (Å²) in [5, 5.41) is 9.93. The molecule has 94 valence electrons. The summed E-state index contributed by atoms with van der Waals surface area (Å²) >= 11 is 7.76. The number of aromatic nitrogens is 3. The fourth-order valence-corrected chi connectivity index (χ4v) is 2.84. The van der Waals surface area contributed by atoms with Gasteiger partial charge in [-0.3, -0.25) is 0 Å². The molecular formula is C13H14ClN3S. The van der Waals surface area contributed by atoms with Gasteiger partial charge in [0, 0.05) is 17.3 Å². The molecule has 0 unspecified atom stereocenters. The van der Waals surface area contributed by atoms with Crippen LogP contribution in [0, 0.1) is 6.92 Å². The van der Waals surface area contributed by atoms with Crippen LogP contribution in [-0.2, 0) is 12.3 Å². The first-order chi connectivity index (χ1) is 8.72. The zero-order chi connectivity index (χ0) is 13.0. The Morgan fingerprint density at radius 1 is 1.39 bits per heavy atom. The van der Waals surface area contributed by atoms with Gasteiger partial charge in [-0.05, 0) is 18.6 Å². The number of allylic oxidation sites excluding steroid dienone is 1. The highest BCUT2D eigenvalue weighted by Gasteiger charge is 2.09. The first kappa shape index (κ1) is 13.2. The number of thioether (sulfide) groups is 1. The molecule has 0 saturated carbocycles. The monoisotopic (exact) mass is 279 g/mol. The average Bonchev–Trinajstić information content (AvgIpc) is 2.71. The Kier molecular flexibility index (Phi) is 4.44. The van der Waals surface area contributed by atoms with Crippen LogP contribution in [0.15, 0.2) is 42.1 Å². The van der Waals surface area contributed by atoms with Crippen LogP contribution < -0.4 is 0 Å². The molecule has 18 heavy (non-hydrogen) atoms.